The number of Topliss-reactive ketones (excluding diaryl/α,β-unsaturated/α-hetero) is 4. The Hall–Kier alpha value is -1.48. The summed E-state index contributed by atoms with van der Waals surface area (Å²) in [6, 6.07) is 0. The standard InChI is InChI=1S/C21H36O8/c1-13(22)17(26)5-9-21(10-6-18(27)14(2)23,11-7-19(28)15(3)24)12-8-20(29)16(4)25/h13-16,22-25H,5-12H2,1-4H3. The third kappa shape index (κ3) is 10.7. The van der Waals surface area contributed by atoms with E-state index in [1.165, 1.54) is 27.7 Å². The van der Waals surface area contributed by atoms with Crippen LogP contribution in [0.25, 0.3) is 0 Å². The van der Waals surface area contributed by atoms with Crippen molar-refractivity contribution in [3.05, 3.63) is 0 Å². The highest BCUT2D eigenvalue weighted by Gasteiger charge is 2.34. The van der Waals surface area contributed by atoms with Crippen molar-refractivity contribution in [1.82, 2.24) is 0 Å². The van der Waals surface area contributed by atoms with Gasteiger partial charge in [0.05, 0.1) is 0 Å². The van der Waals surface area contributed by atoms with Crippen LogP contribution >= 0.6 is 0 Å². The van der Waals surface area contributed by atoms with Crippen LogP contribution in [0.5, 0.6) is 0 Å². The smallest absolute Gasteiger partial charge is 0.160 e. The summed E-state index contributed by atoms with van der Waals surface area (Å²) in [5.41, 5.74) is -0.760. The summed E-state index contributed by atoms with van der Waals surface area (Å²) in [5.74, 6) is -1.56. The van der Waals surface area contributed by atoms with Gasteiger partial charge in [-0.3, -0.25) is 19.2 Å². The molecule has 0 amide bonds. The van der Waals surface area contributed by atoms with Gasteiger partial charge in [0.2, 0.25) is 0 Å². The predicted octanol–water partition coefficient (Wildman–Crippen LogP) is 0.893. The third-order valence-corrected chi connectivity index (χ3v) is 5.47. The van der Waals surface area contributed by atoms with Gasteiger partial charge in [-0.2, -0.15) is 0 Å². The maximum absolute atomic E-state index is 12.0. The normalized spacial score (nSPS) is 17.7. The van der Waals surface area contributed by atoms with Gasteiger partial charge in [0.25, 0.3) is 0 Å². The molecule has 0 fully saturated rings. The molecule has 4 atom stereocenters. The highest BCUT2D eigenvalue weighted by atomic mass is 16.3. The summed E-state index contributed by atoms with van der Waals surface area (Å²) in [5, 5.41) is 37.9. The zero-order valence-electron chi connectivity index (χ0n) is 17.9. The predicted molar refractivity (Wildman–Crippen MR) is 106 cm³/mol. The van der Waals surface area contributed by atoms with Gasteiger partial charge in [0.1, 0.15) is 24.4 Å². The summed E-state index contributed by atoms with van der Waals surface area (Å²) in [4.78, 5) is 47.8. The number of carbonyl (C=O) groups is 4. The Kier molecular flexibility index (Phi) is 12.3. The number of hydrogen-bond acceptors (Lipinski definition) is 8. The second-order valence-corrected chi connectivity index (χ2v) is 8.07. The van der Waals surface area contributed by atoms with Crippen molar-refractivity contribution in [2.24, 2.45) is 5.41 Å². The van der Waals surface area contributed by atoms with Gasteiger partial charge in [-0.25, -0.2) is 0 Å². The minimum Gasteiger partial charge on any atom is -0.386 e. The van der Waals surface area contributed by atoms with Crippen molar-refractivity contribution in [3.8, 4) is 0 Å². The molecule has 0 bridgehead atoms. The summed E-state index contributed by atoms with van der Waals surface area (Å²) in [7, 11) is 0. The molecule has 0 saturated carbocycles. The van der Waals surface area contributed by atoms with E-state index in [4.69, 9.17) is 0 Å². The lowest BCUT2D eigenvalue weighted by Gasteiger charge is -2.34. The molecular weight excluding hydrogens is 380 g/mol. The number of aliphatic hydroxyl groups excluding tert-OH is 4. The zero-order valence-corrected chi connectivity index (χ0v) is 17.9. The van der Waals surface area contributed by atoms with E-state index in [2.05, 4.69) is 0 Å². The Morgan fingerprint density at radius 1 is 0.517 bits per heavy atom. The fraction of sp³-hybridized carbons (Fsp3) is 0.810. The maximum Gasteiger partial charge on any atom is 0.160 e. The lowest BCUT2D eigenvalue weighted by molar-refractivity contribution is -0.128. The van der Waals surface area contributed by atoms with E-state index in [9.17, 15) is 39.6 Å². The van der Waals surface area contributed by atoms with E-state index in [1.54, 1.807) is 0 Å². The maximum atomic E-state index is 12.0. The molecule has 0 aliphatic heterocycles. The first-order chi connectivity index (χ1) is 13.3. The number of carbonyl (C=O) groups excluding carboxylic acids is 4. The number of ketones is 4. The fourth-order valence-corrected chi connectivity index (χ4v) is 3.14. The van der Waals surface area contributed by atoms with Crippen LogP contribution in [0.1, 0.15) is 79.1 Å². The molecule has 0 aliphatic rings. The molecule has 0 spiro atoms. The SMILES string of the molecule is CC(O)C(=O)CCC(CCC(=O)C(C)O)(CCC(=O)C(C)O)CCC(=O)C(C)O. The van der Waals surface area contributed by atoms with E-state index < -0.39 is 29.8 Å². The Balaban J connectivity index is 5.58. The average Bonchev–Trinajstić information content (AvgIpc) is 2.64. The lowest BCUT2D eigenvalue weighted by atomic mass is 9.70. The third-order valence-electron chi connectivity index (χ3n) is 5.47. The molecule has 8 heteroatoms. The zero-order chi connectivity index (χ0) is 22.8. The molecule has 0 aliphatic carbocycles. The Bertz CT molecular complexity index is 462. The molecule has 0 aromatic rings. The molecule has 4 N–H and O–H groups in total. The van der Waals surface area contributed by atoms with E-state index in [1.807, 2.05) is 0 Å². The summed E-state index contributed by atoms with van der Waals surface area (Å²) >= 11 is 0. The van der Waals surface area contributed by atoms with Crippen molar-refractivity contribution in [1.29, 1.82) is 0 Å². The van der Waals surface area contributed by atoms with Gasteiger partial charge in [-0.15, -0.1) is 0 Å². The van der Waals surface area contributed by atoms with Crippen LogP contribution in [0.4, 0.5) is 0 Å². The van der Waals surface area contributed by atoms with Crippen molar-refractivity contribution in [3.63, 3.8) is 0 Å². The number of aliphatic hydroxyl groups is 4. The summed E-state index contributed by atoms with van der Waals surface area (Å²) in [6.07, 6.45) is -3.61. The molecule has 4 unspecified atom stereocenters. The minimum atomic E-state index is -1.15. The van der Waals surface area contributed by atoms with Gasteiger partial charge in [-0.05, 0) is 58.8 Å². The van der Waals surface area contributed by atoms with E-state index >= 15 is 0 Å². The summed E-state index contributed by atoms with van der Waals surface area (Å²) in [6.45, 7) is 5.42. The second-order valence-electron chi connectivity index (χ2n) is 8.07. The fourth-order valence-electron chi connectivity index (χ4n) is 3.14. The second kappa shape index (κ2) is 13.0. The molecule has 0 heterocycles. The highest BCUT2D eigenvalue weighted by Crippen LogP contribution is 2.40. The number of rotatable bonds is 16. The van der Waals surface area contributed by atoms with Crippen molar-refractivity contribution >= 4 is 23.1 Å². The van der Waals surface area contributed by atoms with Gasteiger partial charge < -0.3 is 20.4 Å². The van der Waals surface area contributed by atoms with E-state index in [0.717, 1.165) is 0 Å². The monoisotopic (exact) mass is 416 g/mol. The van der Waals surface area contributed by atoms with Gasteiger partial charge in [-0.1, -0.05) is 0 Å². The molecule has 0 radical (unpaired) electrons. The van der Waals surface area contributed by atoms with Crippen LogP contribution in [-0.2, 0) is 19.2 Å². The molecule has 0 rings (SSSR count). The van der Waals surface area contributed by atoms with Crippen LogP contribution in [0.2, 0.25) is 0 Å². The van der Waals surface area contributed by atoms with Crippen molar-refractivity contribution in [2.45, 2.75) is 103 Å². The quantitative estimate of drug-likeness (QED) is 0.290. The van der Waals surface area contributed by atoms with Gasteiger partial charge >= 0.3 is 0 Å². The van der Waals surface area contributed by atoms with Gasteiger partial charge in [0, 0.05) is 25.7 Å². The van der Waals surface area contributed by atoms with Crippen molar-refractivity contribution < 1.29 is 39.6 Å². The van der Waals surface area contributed by atoms with Crippen LogP contribution in [0.3, 0.4) is 0 Å². The lowest BCUT2D eigenvalue weighted by Crippen LogP contribution is -2.30. The Labute approximate surface area is 172 Å². The first-order valence-electron chi connectivity index (χ1n) is 10.1. The highest BCUT2D eigenvalue weighted by molar-refractivity contribution is 5.84. The molecular formula is C21H36O8. The molecule has 0 saturated heterocycles. The van der Waals surface area contributed by atoms with E-state index in [0.29, 0.717) is 0 Å². The largest absolute Gasteiger partial charge is 0.386 e. The first kappa shape index (κ1) is 27.5. The molecule has 0 aromatic carbocycles. The minimum absolute atomic E-state index is 0.00622. The molecule has 0 aromatic heterocycles. The summed E-state index contributed by atoms with van der Waals surface area (Å²) < 4.78 is 0. The van der Waals surface area contributed by atoms with Gasteiger partial charge in [0.15, 0.2) is 23.1 Å². The molecule has 168 valence electrons. The molecule has 8 nitrogen and oxygen atoms in total. The molecule has 29 heavy (non-hydrogen) atoms. The number of hydrogen-bond donors (Lipinski definition) is 4. The van der Waals surface area contributed by atoms with Crippen LogP contribution < -0.4 is 0 Å². The topological polar surface area (TPSA) is 149 Å². The first-order valence-corrected chi connectivity index (χ1v) is 10.1. The van der Waals surface area contributed by atoms with E-state index in [-0.39, 0.29) is 74.5 Å². The average molecular weight is 417 g/mol. The van der Waals surface area contributed by atoms with Crippen LogP contribution in [0.15, 0.2) is 0 Å². The Morgan fingerprint density at radius 2 is 0.690 bits per heavy atom. The van der Waals surface area contributed by atoms with Crippen molar-refractivity contribution in [2.75, 3.05) is 0 Å². The van der Waals surface area contributed by atoms with Crippen LogP contribution in [0, 0.1) is 5.41 Å². The Morgan fingerprint density at radius 3 is 0.828 bits per heavy atom. The van der Waals surface area contributed by atoms with Crippen LogP contribution in [-0.4, -0.2) is 68.0 Å².